The predicted molar refractivity (Wildman–Crippen MR) is 118 cm³/mol. The van der Waals surface area contributed by atoms with E-state index in [0.29, 0.717) is 16.9 Å². The Morgan fingerprint density at radius 2 is 1.85 bits per heavy atom. The predicted octanol–water partition coefficient (Wildman–Crippen LogP) is 1.43. The van der Waals surface area contributed by atoms with Crippen molar-refractivity contribution in [2.45, 2.75) is 82.3 Å². The van der Waals surface area contributed by atoms with Crippen molar-refractivity contribution in [1.29, 1.82) is 0 Å². The second-order valence-electron chi connectivity index (χ2n) is 8.68. The van der Waals surface area contributed by atoms with Crippen molar-refractivity contribution < 1.29 is 48.6 Å². The molecule has 34 heavy (non-hydrogen) atoms. The van der Waals surface area contributed by atoms with Gasteiger partial charge in [-0.25, -0.2) is 0 Å². The largest absolute Gasteiger partial charge is 0.483 e. The van der Waals surface area contributed by atoms with Crippen molar-refractivity contribution in [2.24, 2.45) is 0 Å². The Labute approximate surface area is 197 Å². The quantitative estimate of drug-likeness (QED) is 0.388. The number of aliphatic hydroxyl groups is 4. The number of rotatable bonds is 9. The zero-order valence-electron chi connectivity index (χ0n) is 19.1. The highest BCUT2D eigenvalue weighted by atomic mass is 16.7. The molecule has 10 nitrogen and oxygen atoms in total. The van der Waals surface area contributed by atoms with E-state index in [1.165, 1.54) is 6.26 Å². The number of furan rings is 1. The van der Waals surface area contributed by atoms with Crippen molar-refractivity contribution in [3.63, 3.8) is 0 Å². The number of hydrogen-bond acceptors (Lipinski definition) is 10. The average Bonchev–Trinajstić information content (AvgIpc) is 3.51. The van der Waals surface area contributed by atoms with Gasteiger partial charge in [-0.3, -0.25) is 4.79 Å². The summed E-state index contributed by atoms with van der Waals surface area (Å²) in [5.74, 6) is 0.167. The second kappa shape index (κ2) is 10.9. The SMILES string of the molecule is CCOC(=O)CCc1cc2ccoc2c(OC2CCCC2)c1O[C@H]1O[C@H](CO)[C@@H](O)[C@H](O)[C@H]1O. The van der Waals surface area contributed by atoms with Gasteiger partial charge >= 0.3 is 5.97 Å². The fraction of sp³-hybridized carbons (Fsp3) is 0.625. The summed E-state index contributed by atoms with van der Waals surface area (Å²) >= 11 is 0. The molecule has 2 aliphatic rings. The minimum Gasteiger partial charge on any atom is -0.483 e. The van der Waals surface area contributed by atoms with Gasteiger partial charge in [0.2, 0.25) is 12.0 Å². The molecule has 2 aromatic rings. The molecule has 0 spiro atoms. The van der Waals surface area contributed by atoms with Gasteiger partial charge in [-0.1, -0.05) is 0 Å². The van der Waals surface area contributed by atoms with E-state index < -0.39 is 37.3 Å². The van der Waals surface area contributed by atoms with Gasteiger partial charge in [0.1, 0.15) is 24.4 Å². The Bertz CT molecular complexity index is 964. The molecule has 1 aliphatic carbocycles. The number of aliphatic hydroxyl groups excluding tert-OH is 4. The normalized spacial score (nSPS) is 27.7. The third-order valence-electron chi connectivity index (χ3n) is 6.30. The van der Waals surface area contributed by atoms with Crippen molar-refractivity contribution in [3.05, 3.63) is 24.0 Å². The molecule has 10 heteroatoms. The lowest BCUT2D eigenvalue weighted by atomic mass is 9.99. The first-order chi connectivity index (χ1) is 16.4. The molecular weight excluding hydrogens is 448 g/mol. The topological polar surface area (TPSA) is 148 Å². The zero-order valence-corrected chi connectivity index (χ0v) is 19.1. The lowest BCUT2D eigenvalue weighted by molar-refractivity contribution is -0.277. The van der Waals surface area contributed by atoms with Crippen LogP contribution < -0.4 is 9.47 Å². The lowest BCUT2D eigenvalue weighted by Crippen LogP contribution is -2.60. The number of benzene rings is 1. The first-order valence-electron chi connectivity index (χ1n) is 11.8. The zero-order chi connectivity index (χ0) is 24.2. The van der Waals surface area contributed by atoms with E-state index in [1.807, 2.05) is 0 Å². The molecule has 1 aromatic heterocycles. The maximum Gasteiger partial charge on any atom is 0.306 e. The summed E-state index contributed by atoms with van der Waals surface area (Å²) in [7, 11) is 0. The van der Waals surface area contributed by atoms with Crippen LogP contribution in [-0.2, 0) is 20.7 Å². The molecule has 5 atom stereocenters. The molecule has 0 unspecified atom stereocenters. The summed E-state index contributed by atoms with van der Waals surface area (Å²) in [5, 5.41) is 41.1. The Kier molecular flexibility index (Phi) is 7.95. The molecule has 2 fully saturated rings. The first-order valence-corrected chi connectivity index (χ1v) is 11.8. The van der Waals surface area contributed by atoms with Crippen LogP contribution >= 0.6 is 0 Å². The number of hydrogen-bond donors (Lipinski definition) is 4. The molecule has 4 rings (SSSR count). The van der Waals surface area contributed by atoms with Crippen LogP contribution in [0, 0.1) is 0 Å². The van der Waals surface area contributed by atoms with Crippen LogP contribution in [0.25, 0.3) is 11.0 Å². The number of esters is 1. The standard InChI is InChI=1S/C24H32O10/c1-2-30-17(26)8-7-13-11-14-9-10-31-21(14)23(32-15-5-3-4-6-15)22(13)34-24-20(29)19(28)18(27)16(12-25)33-24/h9-11,15-16,18-20,24-25,27-29H,2-8,12H2,1H3/t16-,18-,19+,20-,24-/m1/s1. The van der Waals surface area contributed by atoms with E-state index >= 15 is 0 Å². The van der Waals surface area contributed by atoms with Crippen LogP contribution in [0.4, 0.5) is 0 Å². The summed E-state index contributed by atoms with van der Waals surface area (Å²) in [6.07, 6.45) is -1.59. The smallest absolute Gasteiger partial charge is 0.306 e. The fourth-order valence-electron chi connectivity index (χ4n) is 4.47. The average molecular weight is 481 g/mol. The molecule has 0 radical (unpaired) electrons. The van der Waals surface area contributed by atoms with Crippen LogP contribution in [0.5, 0.6) is 11.5 Å². The van der Waals surface area contributed by atoms with E-state index in [-0.39, 0.29) is 37.3 Å². The highest BCUT2D eigenvalue weighted by molar-refractivity contribution is 5.87. The molecule has 2 heterocycles. The van der Waals surface area contributed by atoms with Gasteiger partial charge in [-0.15, -0.1) is 0 Å². The van der Waals surface area contributed by atoms with Crippen molar-refractivity contribution >= 4 is 16.9 Å². The molecule has 0 bridgehead atoms. The molecular formula is C24H32O10. The summed E-state index contributed by atoms with van der Waals surface area (Å²) in [4.78, 5) is 12.0. The number of ether oxygens (including phenoxy) is 4. The van der Waals surface area contributed by atoms with Crippen LogP contribution in [0.15, 0.2) is 22.8 Å². The molecule has 1 aromatic carbocycles. The van der Waals surface area contributed by atoms with Gasteiger partial charge in [0.05, 0.1) is 25.6 Å². The summed E-state index contributed by atoms with van der Waals surface area (Å²) in [5.41, 5.74) is 1.05. The third kappa shape index (κ3) is 5.16. The Balaban J connectivity index is 1.71. The van der Waals surface area contributed by atoms with Crippen molar-refractivity contribution in [1.82, 2.24) is 0 Å². The van der Waals surface area contributed by atoms with Crippen LogP contribution in [0.3, 0.4) is 0 Å². The van der Waals surface area contributed by atoms with Gasteiger partial charge in [-0.05, 0) is 56.7 Å². The highest BCUT2D eigenvalue weighted by Crippen LogP contribution is 2.43. The van der Waals surface area contributed by atoms with E-state index in [9.17, 15) is 25.2 Å². The van der Waals surface area contributed by atoms with Gasteiger partial charge in [0, 0.05) is 11.8 Å². The van der Waals surface area contributed by atoms with Gasteiger partial charge in [0.25, 0.3) is 0 Å². The van der Waals surface area contributed by atoms with E-state index in [1.54, 1.807) is 19.1 Å². The number of fused-ring (bicyclic) bond motifs is 1. The highest BCUT2D eigenvalue weighted by Gasteiger charge is 2.45. The second-order valence-corrected chi connectivity index (χ2v) is 8.68. The molecule has 1 saturated heterocycles. The van der Waals surface area contributed by atoms with Crippen LogP contribution in [0.2, 0.25) is 0 Å². The Morgan fingerprint density at radius 1 is 1.09 bits per heavy atom. The van der Waals surface area contributed by atoms with Crippen LogP contribution in [-0.4, -0.2) is 76.4 Å². The fourth-order valence-corrected chi connectivity index (χ4v) is 4.47. The molecule has 1 saturated carbocycles. The molecule has 188 valence electrons. The maximum absolute atomic E-state index is 12.0. The van der Waals surface area contributed by atoms with E-state index in [4.69, 9.17) is 23.4 Å². The molecule has 0 amide bonds. The Morgan fingerprint density at radius 3 is 2.56 bits per heavy atom. The Hall–Kier alpha value is -2.37. The van der Waals surface area contributed by atoms with Gasteiger partial charge in [0.15, 0.2) is 11.3 Å². The monoisotopic (exact) mass is 480 g/mol. The van der Waals surface area contributed by atoms with Crippen molar-refractivity contribution in [3.8, 4) is 11.5 Å². The number of aryl methyl sites for hydroxylation is 1. The minimum atomic E-state index is -1.60. The lowest BCUT2D eigenvalue weighted by Gasteiger charge is -2.40. The number of carbonyl (C=O) groups is 1. The summed E-state index contributed by atoms with van der Waals surface area (Å²) in [6.45, 7) is 1.42. The minimum absolute atomic E-state index is 0.0502. The first kappa shape index (κ1) is 24.7. The third-order valence-corrected chi connectivity index (χ3v) is 6.30. The summed E-state index contributed by atoms with van der Waals surface area (Å²) in [6, 6.07) is 3.58. The van der Waals surface area contributed by atoms with E-state index in [2.05, 4.69) is 0 Å². The molecule has 4 N–H and O–H groups in total. The van der Waals surface area contributed by atoms with Gasteiger partial charge < -0.3 is 43.8 Å². The van der Waals surface area contributed by atoms with E-state index in [0.717, 1.165) is 31.1 Å². The van der Waals surface area contributed by atoms with Gasteiger partial charge in [-0.2, -0.15) is 0 Å². The number of carbonyl (C=O) groups excluding carboxylic acids is 1. The maximum atomic E-state index is 12.0. The molecule has 1 aliphatic heterocycles. The van der Waals surface area contributed by atoms with Crippen molar-refractivity contribution in [2.75, 3.05) is 13.2 Å². The summed E-state index contributed by atoms with van der Waals surface area (Å²) < 4.78 is 28.7. The van der Waals surface area contributed by atoms with Crippen LogP contribution in [0.1, 0.15) is 44.6 Å².